The van der Waals surface area contributed by atoms with Gasteiger partial charge < -0.3 is 9.67 Å². The molecule has 1 heterocycles. The monoisotopic (exact) mass is 382 g/mol. The molecular formula is C20H18N2O4S. The molecule has 3 aromatic rings. The zero-order valence-corrected chi connectivity index (χ0v) is 15.4. The number of rotatable bonds is 6. The average molecular weight is 382 g/mol. The maximum absolute atomic E-state index is 12.2. The van der Waals surface area contributed by atoms with Gasteiger partial charge in [0.15, 0.2) is 0 Å². The molecule has 3 rings (SSSR count). The van der Waals surface area contributed by atoms with Crippen LogP contribution in [-0.4, -0.2) is 30.3 Å². The van der Waals surface area contributed by atoms with E-state index in [4.69, 9.17) is 5.11 Å². The molecule has 7 heteroatoms. The average Bonchev–Trinajstić information content (AvgIpc) is 2.91. The molecule has 0 fully saturated rings. The van der Waals surface area contributed by atoms with Crippen LogP contribution < -0.4 is 0 Å². The molecule has 1 aromatic heterocycles. The standard InChI is InChI=1S/C20H18N2O4S/c1-15-18(17-9-5-6-10-19(17)22(15)14-20(23)24)13-21-27(25,26)12-11-16-7-3-2-4-8-16/h2-13H,14H2,1H3,(H,23,24). The van der Waals surface area contributed by atoms with Crippen LogP contribution in [0.4, 0.5) is 0 Å². The summed E-state index contributed by atoms with van der Waals surface area (Å²) in [7, 11) is -3.81. The SMILES string of the molecule is Cc1c(C=NS(=O)(=O)C=Cc2ccccc2)c2ccccc2n1CC(=O)O. The highest BCUT2D eigenvalue weighted by molar-refractivity contribution is 7.93. The number of carbonyl (C=O) groups is 1. The summed E-state index contributed by atoms with van der Waals surface area (Å²) in [6, 6.07) is 16.3. The quantitative estimate of drug-likeness (QED) is 0.661. The van der Waals surface area contributed by atoms with Crippen molar-refractivity contribution in [1.82, 2.24) is 4.57 Å². The summed E-state index contributed by atoms with van der Waals surface area (Å²) in [5, 5.41) is 10.9. The van der Waals surface area contributed by atoms with Gasteiger partial charge in [-0.25, -0.2) is 0 Å². The van der Waals surface area contributed by atoms with Crippen molar-refractivity contribution in [1.29, 1.82) is 0 Å². The summed E-state index contributed by atoms with van der Waals surface area (Å²) in [6.07, 6.45) is 2.76. The van der Waals surface area contributed by atoms with Gasteiger partial charge in [0, 0.05) is 22.2 Å². The van der Waals surface area contributed by atoms with E-state index in [0.29, 0.717) is 11.3 Å². The Balaban J connectivity index is 1.97. The topological polar surface area (TPSA) is 88.7 Å². The van der Waals surface area contributed by atoms with Crippen molar-refractivity contribution in [2.45, 2.75) is 13.5 Å². The van der Waals surface area contributed by atoms with Crippen molar-refractivity contribution >= 4 is 39.2 Å². The van der Waals surface area contributed by atoms with E-state index < -0.39 is 16.0 Å². The number of benzene rings is 2. The molecular weight excluding hydrogens is 364 g/mol. The fraction of sp³-hybridized carbons (Fsp3) is 0.100. The molecule has 0 aliphatic heterocycles. The van der Waals surface area contributed by atoms with Gasteiger partial charge >= 0.3 is 5.97 Å². The number of sulfonamides is 1. The van der Waals surface area contributed by atoms with Gasteiger partial charge in [0.05, 0.1) is 11.6 Å². The Labute approximate surface area is 157 Å². The lowest BCUT2D eigenvalue weighted by Gasteiger charge is -2.04. The second-order valence-corrected chi connectivity index (χ2v) is 7.47. The molecule has 1 N–H and O–H groups in total. The first-order valence-corrected chi connectivity index (χ1v) is 9.71. The van der Waals surface area contributed by atoms with Crippen LogP contribution in [0.2, 0.25) is 0 Å². The number of carboxylic acids is 1. The van der Waals surface area contributed by atoms with Gasteiger partial charge in [-0.3, -0.25) is 4.79 Å². The first kappa shape index (κ1) is 18.6. The van der Waals surface area contributed by atoms with Gasteiger partial charge in [0.2, 0.25) is 0 Å². The second-order valence-electron chi connectivity index (χ2n) is 5.96. The van der Waals surface area contributed by atoms with Crippen molar-refractivity contribution < 1.29 is 18.3 Å². The molecule has 0 saturated carbocycles. The van der Waals surface area contributed by atoms with E-state index in [2.05, 4.69) is 4.40 Å². The van der Waals surface area contributed by atoms with Gasteiger partial charge in [0.25, 0.3) is 10.0 Å². The number of hydrogen-bond acceptors (Lipinski definition) is 3. The number of fused-ring (bicyclic) bond motifs is 1. The molecule has 0 bridgehead atoms. The van der Waals surface area contributed by atoms with E-state index in [9.17, 15) is 13.2 Å². The van der Waals surface area contributed by atoms with Crippen molar-refractivity contribution in [3.05, 3.63) is 76.8 Å². The maximum atomic E-state index is 12.2. The number of para-hydroxylation sites is 1. The van der Waals surface area contributed by atoms with Gasteiger partial charge in [-0.15, -0.1) is 0 Å². The van der Waals surface area contributed by atoms with Crippen LogP contribution in [-0.2, 0) is 21.4 Å². The molecule has 0 unspecified atom stereocenters. The third-order valence-corrected chi connectivity index (χ3v) is 5.01. The molecule has 0 spiro atoms. The van der Waals surface area contributed by atoms with Crippen molar-refractivity contribution in [3.8, 4) is 0 Å². The minimum Gasteiger partial charge on any atom is -0.480 e. The number of hydrogen-bond donors (Lipinski definition) is 1. The molecule has 138 valence electrons. The number of nitrogens with zero attached hydrogens (tertiary/aromatic N) is 2. The Hall–Kier alpha value is -3.19. The minimum atomic E-state index is -3.81. The van der Waals surface area contributed by atoms with E-state index in [1.54, 1.807) is 35.8 Å². The predicted molar refractivity (Wildman–Crippen MR) is 106 cm³/mol. The van der Waals surface area contributed by atoms with E-state index >= 15 is 0 Å². The summed E-state index contributed by atoms with van der Waals surface area (Å²) in [6.45, 7) is 1.54. The Bertz CT molecular complexity index is 1140. The summed E-state index contributed by atoms with van der Waals surface area (Å²) in [5.74, 6) is -0.972. The zero-order chi connectivity index (χ0) is 19.4. The second kappa shape index (κ2) is 7.59. The molecule has 0 radical (unpaired) electrons. The smallest absolute Gasteiger partial charge is 0.323 e. The van der Waals surface area contributed by atoms with E-state index in [1.165, 1.54) is 12.3 Å². The number of aromatic nitrogens is 1. The lowest BCUT2D eigenvalue weighted by Crippen LogP contribution is -2.10. The Kier molecular flexibility index (Phi) is 5.23. The molecule has 0 amide bonds. The molecule has 27 heavy (non-hydrogen) atoms. The molecule has 0 atom stereocenters. The highest BCUT2D eigenvalue weighted by Gasteiger charge is 2.15. The summed E-state index contributed by atoms with van der Waals surface area (Å²) in [5.41, 5.74) is 2.70. The lowest BCUT2D eigenvalue weighted by molar-refractivity contribution is -0.137. The van der Waals surface area contributed by atoms with Crippen LogP contribution in [0.15, 0.2) is 64.4 Å². The fourth-order valence-corrected chi connectivity index (χ4v) is 3.50. The van der Waals surface area contributed by atoms with E-state index in [1.807, 2.05) is 30.3 Å². The van der Waals surface area contributed by atoms with Crippen LogP contribution in [0, 0.1) is 6.92 Å². The van der Waals surface area contributed by atoms with Gasteiger partial charge in [0.1, 0.15) is 6.54 Å². The third kappa shape index (κ3) is 4.32. The first-order valence-electron chi connectivity index (χ1n) is 8.20. The summed E-state index contributed by atoms with van der Waals surface area (Å²) in [4.78, 5) is 11.2. The Morgan fingerprint density at radius 1 is 1.11 bits per heavy atom. The molecule has 2 aromatic carbocycles. The largest absolute Gasteiger partial charge is 0.480 e. The normalized spacial score (nSPS) is 12.3. The molecule has 0 saturated heterocycles. The van der Waals surface area contributed by atoms with Crippen molar-refractivity contribution in [2.24, 2.45) is 4.40 Å². The fourth-order valence-electron chi connectivity index (χ4n) is 2.85. The van der Waals surface area contributed by atoms with Crippen molar-refractivity contribution in [2.75, 3.05) is 0 Å². The van der Waals surface area contributed by atoms with Gasteiger partial charge in [-0.2, -0.15) is 12.8 Å². The number of carboxylic acid groups (broad SMARTS) is 1. The highest BCUT2D eigenvalue weighted by atomic mass is 32.2. The first-order chi connectivity index (χ1) is 12.9. The Morgan fingerprint density at radius 2 is 1.78 bits per heavy atom. The van der Waals surface area contributed by atoms with Crippen LogP contribution >= 0.6 is 0 Å². The van der Waals surface area contributed by atoms with Gasteiger partial charge in [-0.05, 0) is 24.6 Å². The lowest BCUT2D eigenvalue weighted by atomic mass is 10.1. The van der Waals surface area contributed by atoms with E-state index in [-0.39, 0.29) is 6.54 Å². The summed E-state index contributed by atoms with van der Waals surface area (Å²) >= 11 is 0. The van der Waals surface area contributed by atoms with Crippen LogP contribution in [0.5, 0.6) is 0 Å². The minimum absolute atomic E-state index is 0.207. The van der Waals surface area contributed by atoms with Crippen LogP contribution in [0.1, 0.15) is 16.8 Å². The van der Waals surface area contributed by atoms with E-state index in [0.717, 1.165) is 21.9 Å². The summed E-state index contributed by atoms with van der Waals surface area (Å²) < 4.78 is 29.8. The van der Waals surface area contributed by atoms with Gasteiger partial charge in [-0.1, -0.05) is 48.5 Å². The van der Waals surface area contributed by atoms with Crippen molar-refractivity contribution in [3.63, 3.8) is 0 Å². The van der Waals surface area contributed by atoms with Crippen LogP contribution in [0.3, 0.4) is 0 Å². The number of aliphatic carboxylic acids is 1. The molecule has 6 nitrogen and oxygen atoms in total. The zero-order valence-electron chi connectivity index (χ0n) is 14.6. The van der Waals surface area contributed by atoms with Crippen LogP contribution in [0.25, 0.3) is 17.0 Å². The maximum Gasteiger partial charge on any atom is 0.323 e. The highest BCUT2D eigenvalue weighted by Crippen LogP contribution is 2.24. The third-order valence-electron chi connectivity index (χ3n) is 4.13. The Morgan fingerprint density at radius 3 is 2.48 bits per heavy atom. The molecule has 0 aliphatic rings. The predicted octanol–water partition coefficient (Wildman–Crippen LogP) is 3.45. The molecule has 0 aliphatic carbocycles.